The second kappa shape index (κ2) is 7.58. The van der Waals surface area contributed by atoms with E-state index in [1.54, 1.807) is 11.1 Å². The molecule has 0 aliphatic heterocycles. The Labute approximate surface area is 169 Å². The van der Waals surface area contributed by atoms with Crippen molar-refractivity contribution >= 4 is 48.5 Å². The summed E-state index contributed by atoms with van der Waals surface area (Å²) in [5, 5.41) is 0.672. The summed E-state index contributed by atoms with van der Waals surface area (Å²) in [5.41, 5.74) is 3.45. The minimum atomic E-state index is -0.107. The van der Waals surface area contributed by atoms with Gasteiger partial charge in [0.1, 0.15) is 0 Å². The molecule has 0 N–H and O–H groups in total. The first-order chi connectivity index (χ1) is 13.1. The molecule has 2 aromatic carbocycles. The number of aryl methyl sites for hydroxylation is 1. The molecule has 4 aromatic rings. The van der Waals surface area contributed by atoms with Crippen LogP contribution in [0.4, 0.5) is 5.13 Å². The summed E-state index contributed by atoms with van der Waals surface area (Å²) in [7, 11) is 0. The largest absolute Gasteiger partial charge is 0.278 e. The average molecular weight is 438 g/mol. The van der Waals surface area contributed by atoms with E-state index < -0.39 is 0 Å². The molecular weight excluding hydrogens is 422 g/mol. The molecule has 4 nitrogen and oxygen atoms in total. The van der Waals surface area contributed by atoms with E-state index in [0.29, 0.717) is 17.2 Å². The monoisotopic (exact) mass is 437 g/mol. The number of anilines is 1. The molecule has 0 unspecified atom stereocenters. The Morgan fingerprint density at radius 1 is 1.07 bits per heavy atom. The van der Waals surface area contributed by atoms with Crippen LogP contribution < -0.4 is 4.90 Å². The first-order valence-electron chi connectivity index (χ1n) is 8.46. The molecule has 0 fully saturated rings. The number of benzene rings is 2. The summed E-state index contributed by atoms with van der Waals surface area (Å²) in [6.07, 6.45) is 1.74. The van der Waals surface area contributed by atoms with E-state index in [0.717, 1.165) is 25.9 Å². The van der Waals surface area contributed by atoms with Crippen molar-refractivity contribution in [2.45, 2.75) is 13.5 Å². The maximum Gasteiger partial charge on any atom is 0.261 e. The Balaban J connectivity index is 1.81. The van der Waals surface area contributed by atoms with E-state index in [9.17, 15) is 4.79 Å². The van der Waals surface area contributed by atoms with E-state index in [2.05, 4.69) is 20.9 Å². The van der Waals surface area contributed by atoms with Gasteiger partial charge in [-0.15, -0.1) is 0 Å². The summed E-state index contributed by atoms with van der Waals surface area (Å²) < 4.78 is 1.83. The molecule has 4 rings (SSSR count). The molecule has 0 radical (unpaired) electrons. The van der Waals surface area contributed by atoms with Gasteiger partial charge < -0.3 is 0 Å². The zero-order valence-electron chi connectivity index (χ0n) is 14.6. The zero-order chi connectivity index (χ0) is 18.8. The molecule has 2 aromatic heterocycles. The lowest BCUT2D eigenvalue weighted by atomic mass is 10.2. The first kappa shape index (κ1) is 17.8. The SMILES string of the molecule is Cc1cccc2sc(N(Cc3ccccn3)C(=O)c3ccccc3Br)nc12. The van der Waals surface area contributed by atoms with Gasteiger partial charge in [-0.3, -0.25) is 14.7 Å². The van der Waals surface area contributed by atoms with E-state index in [-0.39, 0.29) is 5.91 Å². The van der Waals surface area contributed by atoms with Gasteiger partial charge in [0, 0.05) is 10.7 Å². The molecular formula is C21H16BrN3OS. The molecule has 0 atom stereocenters. The maximum atomic E-state index is 13.4. The lowest BCUT2D eigenvalue weighted by Gasteiger charge is -2.20. The van der Waals surface area contributed by atoms with Gasteiger partial charge in [-0.25, -0.2) is 4.98 Å². The number of para-hydroxylation sites is 1. The Kier molecular flexibility index (Phi) is 5.01. The van der Waals surface area contributed by atoms with Crippen molar-refractivity contribution < 1.29 is 4.79 Å². The van der Waals surface area contributed by atoms with Gasteiger partial charge >= 0.3 is 0 Å². The van der Waals surface area contributed by atoms with Crippen molar-refractivity contribution in [2.75, 3.05) is 4.90 Å². The van der Waals surface area contributed by atoms with Gasteiger partial charge in [0.25, 0.3) is 5.91 Å². The first-order valence-corrected chi connectivity index (χ1v) is 10.1. The summed E-state index contributed by atoms with van der Waals surface area (Å²) in [4.78, 5) is 24.2. The van der Waals surface area contributed by atoms with Crippen LogP contribution in [0.25, 0.3) is 10.2 Å². The fourth-order valence-corrected chi connectivity index (χ4v) is 4.35. The molecule has 0 saturated carbocycles. The van der Waals surface area contributed by atoms with Crippen LogP contribution in [0.2, 0.25) is 0 Å². The molecule has 0 aliphatic carbocycles. The number of amides is 1. The highest BCUT2D eigenvalue weighted by Crippen LogP contribution is 2.33. The number of halogens is 1. The van der Waals surface area contributed by atoms with E-state index in [4.69, 9.17) is 4.98 Å². The Morgan fingerprint density at radius 2 is 1.89 bits per heavy atom. The smallest absolute Gasteiger partial charge is 0.261 e. The van der Waals surface area contributed by atoms with Crippen LogP contribution in [0.5, 0.6) is 0 Å². The van der Waals surface area contributed by atoms with Gasteiger partial charge in [0.2, 0.25) is 0 Å². The van der Waals surface area contributed by atoms with Gasteiger partial charge in [0.15, 0.2) is 5.13 Å². The second-order valence-corrected chi connectivity index (χ2v) is 7.97. The third-order valence-electron chi connectivity index (χ3n) is 4.24. The molecule has 0 saturated heterocycles. The van der Waals surface area contributed by atoms with Crippen LogP contribution >= 0.6 is 27.3 Å². The molecule has 27 heavy (non-hydrogen) atoms. The van der Waals surface area contributed by atoms with Gasteiger partial charge in [0.05, 0.1) is 28.0 Å². The van der Waals surface area contributed by atoms with E-state index in [1.807, 2.05) is 67.6 Å². The number of carbonyl (C=O) groups is 1. The van der Waals surface area contributed by atoms with Crippen LogP contribution in [0.3, 0.4) is 0 Å². The van der Waals surface area contributed by atoms with E-state index >= 15 is 0 Å². The number of hydrogen-bond donors (Lipinski definition) is 0. The minimum absolute atomic E-state index is 0.107. The normalized spacial score (nSPS) is 10.9. The van der Waals surface area contributed by atoms with Crippen LogP contribution in [-0.2, 0) is 6.54 Å². The van der Waals surface area contributed by atoms with Gasteiger partial charge in [-0.2, -0.15) is 0 Å². The topological polar surface area (TPSA) is 46.1 Å². The Hall–Kier alpha value is -2.57. The van der Waals surface area contributed by atoms with Crippen molar-refractivity contribution in [3.63, 3.8) is 0 Å². The number of nitrogens with zero attached hydrogens (tertiary/aromatic N) is 3. The molecule has 1 amide bonds. The molecule has 2 heterocycles. The summed E-state index contributed by atoms with van der Waals surface area (Å²) >= 11 is 5.01. The lowest BCUT2D eigenvalue weighted by molar-refractivity contribution is 0.0984. The highest BCUT2D eigenvalue weighted by atomic mass is 79.9. The fraction of sp³-hybridized carbons (Fsp3) is 0.0952. The summed E-state index contributed by atoms with van der Waals surface area (Å²) in [5.74, 6) is -0.107. The zero-order valence-corrected chi connectivity index (χ0v) is 17.0. The second-order valence-electron chi connectivity index (χ2n) is 6.11. The van der Waals surface area contributed by atoms with Gasteiger partial charge in [-0.05, 0) is 58.7 Å². The number of thiazole rings is 1. The summed E-state index contributed by atoms with van der Waals surface area (Å²) in [6.45, 7) is 2.39. The number of hydrogen-bond acceptors (Lipinski definition) is 4. The number of pyridine rings is 1. The summed E-state index contributed by atoms with van der Waals surface area (Å²) in [6, 6.07) is 19.2. The predicted molar refractivity (Wildman–Crippen MR) is 113 cm³/mol. The third kappa shape index (κ3) is 3.63. The molecule has 0 spiro atoms. The molecule has 6 heteroatoms. The van der Waals surface area contributed by atoms with Gasteiger partial charge in [-0.1, -0.05) is 41.7 Å². The lowest BCUT2D eigenvalue weighted by Crippen LogP contribution is -2.31. The molecule has 0 bridgehead atoms. The van der Waals surface area contributed by atoms with Crippen LogP contribution in [-0.4, -0.2) is 15.9 Å². The molecule has 134 valence electrons. The Bertz CT molecular complexity index is 1110. The van der Waals surface area contributed by atoms with Crippen molar-refractivity contribution in [1.29, 1.82) is 0 Å². The Morgan fingerprint density at radius 3 is 2.63 bits per heavy atom. The van der Waals surface area contributed by atoms with Crippen molar-refractivity contribution in [1.82, 2.24) is 9.97 Å². The quantitative estimate of drug-likeness (QED) is 0.416. The number of aromatic nitrogens is 2. The van der Waals surface area contributed by atoms with Crippen molar-refractivity contribution in [3.05, 3.63) is 88.2 Å². The third-order valence-corrected chi connectivity index (χ3v) is 5.97. The minimum Gasteiger partial charge on any atom is -0.278 e. The van der Waals surface area contributed by atoms with Crippen molar-refractivity contribution in [2.24, 2.45) is 0 Å². The molecule has 0 aliphatic rings. The number of rotatable bonds is 4. The van der Waals surface area contributed by atoms with Crippen LogP contribution in [0.1, 0.15) is 21.6 Å². The highest BCUT2D eigenvalue weighted by molar-refractivity contribution is 9.10. The van der Waals surface area contributed by atoms with E-state index in [1.165, 1.54) is 11.3 Å². The standard InChI is InChI=1S/C21H16BrN3OS/c1-14-7-6-11-18-19(14)24-21(27-18)25(13-15-8-4-5-12-23-15)20(26)16-9-2-3-10-17(16)22/h2-12H,13H2,1H3. The predicted octanol–water partition coefficient (Wildman–Crippen LogP) is 5.61. The highest BCUT2D eigenvalue weighted by Gasteiger charge is 2.23. The van der Waals surface area contributed by atoms with Crippen LogP contribution in [0.15, 0.2) is 71.3 Å². The number of carbonyl (C=O) groups excluding carboxylic acids is 1. The fourth-order valence-electron chi connectivity index (χ4n) is 2.85. The maximum absolute atomic E-state index is 13.4. The van der Waals surface area contributed by atoms with Crippen LogP contribution in [0, 0.1) is 6.92 Å². The van der Waals surface area contributed by atoms with Crippen molar-refractivity contribution in [3.8, 4) is 0 Å². The number of fused-ring (bicyclic) bond motifs is 1. The average Bonchev–Trinajstić information content (AvgIpc) is 3.12.